The SMILES string of the molecule is CCCCCCCCCCCCc1cnc(-c2ccc(C(=O)Oc3ccc(C(=O)O[C@@H](C)C(=O)OCC)cc3)cc2)nc1. The first-order valence-corrected chi connectivity index (χ1v) is 15.5. The lowest BCUT2D eigenvalue weighted by Gasteiger charge is -2.12. The molecule has 3 rings (SSSR count). The van der Waals surface area contributed by atoms with E-state index in [0.717, 1.165) is 24.0 Å². The van der Waals surface area contributed by atoms with E-state index in [1.54, 1.807) is 31.2 Å². The molecule has 0 aliphatic carbocycles. The van der Waals surface area contributed by atoms with Crippen LogP contribution in [0.4, 0.5) is 0 Å². The Morgan fingerprint density at radius 1 is 0.698 bits per heavy atom. The molecule has 1 heterocycles. The van der Waals surface area contributed by atoms with E-state index in [1.165, 1.54) is 89.0 Å². The highest BCUT2D eigenvalue weighted by molar-refractivity contribution is 5.93. The maximum Gasteiger partial charge on any atom is 0.347 e. The van der Waals surface area contributed by atoms with Crippen molar-refractivity contribution in [3.8, 4) is 17.1 Å². The lowest BCUT2D eigenvalue weighted by atomic mass is 10.0. The number of aryl methyl sites for hydroxylation is 1. The number of rotatable bonds is 18. The Morgan fingerprint density at radius 2 is 1.23 bits per heavy atom. The molecule has 8 nitrogen and oxygen atoms in total. The smallest absolute Gasteiger partial charge is 0.347 e. The van der Waals surface area contributed by atoms with Gasteiger partial charge in [0.1, 0.15) is 5.75 Å². The molecule has 0 saturated carbocycles. The predicted octanol–water partition coefficient (Wildman–Crippen LogP) is 7.93. The fourth-order valence-corrected chi connectivity index (χ4v) is 4.57. The molecule has 0 bridgehead atoms. The van der Waals surface area contributed by atoms with Crippen molar-refractivity contribution in [1.29, 1.82) is 0 Å². The molecule has 1 aromatic heterocycles. The van der Waals surface area contributed by atoms with Gasteiger partial charge in [-0.1, -0.05) is 76.8 Å². The first-order chi connectivity index (χ1) is 20.9. The number of hydrogen-bond donors (Lipinski definition) is 0. The third kappa shape index (κ3) is 11.6. The van der Waals surface area contributed by atoms with E-state index in [2.05, 4.69) is 16.9 Å². The van der Waals surface area contributed by atoms with Gasteiger partial charge in [0.25, 0.3) is 0 Å². The number of carbonyl (C=O) groups is 3. The molecule has 43 heavy (non-hydrogen) atoms. The van der Waals surface area contributed by atoms with E-state index < -0.39 is 24.0 Å². The summed E-state index contributed by atoms with van der Waals surface area (Å²) in [5.74, 6) is -0.957. The van der Waals surface area contributed by atoms with Crippen LogP contribution in [-0.2, 0) is 20.7 Å². The standard InChI is InChI=1S/C35H44N2O6/c1-4-6-7-8-9-10-11-12-13-14-15-27-24-36-32(37-25-27)28-16-18-29(19-17-28)35(40)43-31-22-20-30(21-23-31)34(39)42-26(3)33(38)41-5-2/h16-26H,4-15H2,1-3H3/t26-/m0/s1. The maximum atomic E-state index is 12.6. The van der Waals surface area contributed by atoms with Crippen LogP contribution in [0.3, 0.4) is 0 Å². The van der Waals surface area contributed by atoms with Crippen LogP contribution in [0.5, 0.6) is 5.75 Å². The summed E-state index contributed by atoms with van der Waals surface area (Å²) >= 11 is 0. The molecule has 0 aliphatic rings. The highest BCUT2D eigenvalue weighted by Gasteiger charge is 2.20. The minimum Gasteiger partial charge on any atom is -0.463 e. The summed E-state index contributed by atoms with van der Waals surface area (Å²) in [5, 5.41) is 0. The van der Waals surface area contributed by atoms with Crippen molar-refractivity contribution in [3.63, 3.8) is 0 Å². The molecule has 2 aromatic carbocycles. The van der Waals surface area contributed by atoms with Gasteiger partial charge in [0.05, 0.1) is 17.7 Å². The lowest BCUT2D eigenvalue weighted by molar-refractivity contribution is -0.152. The summed E-state index contributed by atoms with van der Waals surface area (Å²) in [5.41, 5.74) is 2.53. The number of benzene rings is 2. The van der Waals surface area contributed by atoms with E-state index in [-0.39, 0.29) is 17.9 Å². The molecule has 0 N–H and O–H groups in total. The van der Waals surface area contributed by atoms with Crippen molar-refractivity contribution < 1.29 is 28.6 Å². The van der Waals surface area contributed by atoms with Crippen molar-refractivity contribution in [2.75, 3.05) is 6.61 Å². The summed E-state index contributed by atoms with van der Waals surface area (Å²) in [4.78, 5) is 45.6. The number of nitrogens with zero attached hydrogens (tertiary/aromatic N) is 2. The monoisotopic (exact) mass is 588 g/mol. The summed E-state index contributed by atoms with van der Waals surface area (Å²) < 4.78 is 15.4. The lowest BCUT2D eigenvalue weighted by Crippen LogP contribution is -2.26. The molecule has 0 saturated heterocycles. The predicted molar refractivity (Wildman–Crippen MR) is 166 cm³/mol. The van der Waals surface area contributed by atoms with E-state index in [9.17, 15) is 14.4 Å². The molecule has 230 valence electrons. The fourth-order valence-electron chi connectivity index (χ4n) is 4.57. The second kappa shape index (κ2) is 18.5. The van der Waals surface area contributed by atoms with E-state index in [0.29, 0.717) is 11.4 Å². The second-order valence-corrected chi connectivity index (χ2v) is 10.6. The number of aromatic nitrogens is 2. The van der Waals surface area contributed by atoms with Gasteiger partial charge in [-0.2, -0.15) is 0 Å². The average molecular weight is 589 g/mol. The maximum absolute atomic E-state index is 12.6. The summed E-state index contributed by atoms with van der Waals surface area (Å²) in [7, 11) is 0. The number of unbranched alkanes of at least 4 members (excludes halogenated alkanes) is 9. The molecule has 0 aliphatic heterocycles. The van der Waals surface area contributed by atoms with Crippen molar-refractivity contribution >= 4 is 17.9 Å². The Labute approximate surface area is 255 Å². The molecule has 3 aromatic rings. The van der Waals surface area contributed by atoms with Crippen LogP contribution in [-0.4, -0.2) is 40.6 Å². The van der Waals surface area contributed by atoms with Crippen LogP contribution >= 0.6 is 0 Å². The topological polar surface area (TPSA) is 105 Å². The van der Waals surface area contributed by atoms with Crippen LogP contribution in [0.2, 0.25) is 0 Å². The van der Waals surface area contributed by atoms with Gasteiger partial charge >= 0.3 is 17.9 Å². The van der Waals surface area contributed by atoms with Crippen LogP contribution in [0, 0.1) is 0 Å². The minimum atomic E-state index is -1.02. The van der Waals surface area contributed by atoms with Crippen molar-refractivity contribution in [1.82, 2.24) is 9.97 Å². The molecule has 8 heteroatoms. The molecule has 0 unspecified atom stereocenters. The van der Waals surface area contributed by atoms with Gasteiger partial charge < -0.3 is 14.2 Å². The third-order valence-electron chi connectivity index (χ3n) is 7.11. The van der Waals surface area contributed by atoms with Gasteiger partial charge in [-0.15, -0.1) is 0 Å². The number of ether oxygens (including phenoxy) is 3. The molecule has 0 spiro atoms. The average Bonchev–Trinajstić information content (AvgIpc) is 3.02. The van der Waals surface area contributed by atoms with Crippen molar-refractivity contribution in [2.24, 2.45) is 0 Å². The molecule has 0 radical (unpaired) electrons. The summed E-state index contributed by atoms with van der Waals surface area (Å²) in [6.07, 6.45) is 16.9. The molecule has 0 fully saturated rings. The number of hydrogen-bond acceptors (Lipinski definition) is 8. The van der Waals surface area contributed by atoms with Gasteiger partial charge in [-0.25, -0.2) is 24.4 Å². The van der Waals surface area contributed by atoms with Crippen molar-refractivity contribution in [3.05, 3.63) is 77.6 Å². The zero-order valence-electron chi connectivity index (χ0n) is 25.7. The second-order valence-electron chi connectivity index (χ2n) is 10.6. The van der Waals surface area contributed by atoms with Crippen LogP contribution < -0.4 is 4.74 Å². The first-order valence-electron chi connectivity index (χ1n) is 15.5. The zero-order chi connectivity index (χ0) is 30.9. The highest BCUT2D eigenvalue weighted by Crippen LogP contribution is 2.19. The van der Waals surface area contributed by atoms with Gasteiger partial charge in [-0.3, -0.25) is 0 Å². The largest absolute Gasteiger partial charge is 0.463 e. The third-order valence-corrected chi connectivity index (χ3v) is 7.11. The van der Waals surface area contributed by atoms with Crippen LogP contribution in [0.25, 0.3) is 11.4 Å². The summed E-state index contributed by atoms with van der Waals surface area (Å²) in [6, 6.07) is 12.8. The normalized spacial score (nSPS) is 11.5. The van der Waals surface area contributed by atoms with Crippen molar-refractivity contribution in [2.45, 2.75) is 97.5 Å². The molecular formula is C35H44N2O6. The fraction of sp³-hybridized carbons (Fsp3) is 0.457. The Hall–Kier alpha value is -4.07. The van der Waals surface area contributed by atoms with E-state index in [1.807, 2.05) is 12.4 Å². The summed E-state index contributed by atoms with van der Waals surface area (Å²) in [6.45, 7) is 5.57. The molecule has 0 amide bonds. The minimum absolute atomic E-state index is 0.198. The van der Waals surface area contributed by atoms with Crippen LogP contribution in [0.15, 0.2) is 60.9 Å². The first kappa shape index (κ1) is 33.4. The molecular weight excluding hydrogens is 544 g/mol. The Morgan fingerprint density at radius 3 is 1.81 bits per heavy atom. The van der Waals surface area contributed by atoms with Gasteiger partial charge in [-0.05, 0) is 68.7 Å². The Bertz CT molecular complexity index is 1270. The Kier molecular flexibility index (Phi) is 14.4. The number of carbonyl (C=O) groups excluding carboxylic acids is 3. The van der Waals surface area contributed by atoms with Gasteiger partial charge in [0.15, 0.2) is 11.9 Å². The zero-order valence-corrected chi connectivity index (χ0v) is 25.7. The Balaban J connectivity index is 1.41. The van der Waals surface area contributed by atoms with E-state index >= 15 is 0 Å². The quantitative estimate of drug-likeness (QED) is 0.0838. The number of esters is 3. The highest BCUT2D eigenvalue weighted by atomic mass is 16.6. The van der Waals surface area contributed by atoms with Crippen LogP contribution in [0.1, 0.15) is 111 Å². The van der Waals surface area contributed by atoms with Gasteiger partial charge in [0.2, 0.25) is 0 Å². The van der Waals surface area contributed by atoms with E-state index in [4.69, 9.17) is 14.2 Å². The van der Waals surface area contributed by atoms with Gasteiger partial charge in [0, 0.05) is 18.0 Å². The molecule has 1 atom stereocenters.